The SMILES string of the molecule is CCCCCCCCC(CCCCCCCC)CC(=O)OCCCOC(=O)CC(CCCCCCCC)CCCCCCCC. The van der Waals surface area contributed by atoms with Crippen LogP contribution in [0.4, 0.5) is 0 Å². The third kappa shape index (κ3) is 32.7. The summed E-state index contributed by atoms with van der Waals surface area (Å²) in [6.45, 7) is 9.75. The van der Waals surface area contributed by atoms with Crippen LogP contribution in [0.5, 0.6) is 0 Å². The first-order chi connectivity index (χ1) is 22.1. The third-order valence-corrected chi connectivity index (χ3v) is 9.59. The number of carbonyl (C=O) groups is 2. The van der Waals surface area contributed by atoms with Gasteiger partial charge in [0.05, 0.1) is 13.2 Å². The number of carbonyl (C=O) groups excluding carboxylic acids is 2. The Labute approximate surface area is 282 Å². The van der Waals surface area contributed by atoms with Crippen LogP contribution in [0.3, 0.4) is 0 Å². The standard InChI is InChI=1S/C41H80O4/c1-5-9-13-17-21-25-30-38(31-26-22-18-14-10-6-2)36-40(42)44-34-29-35-45-41(43)37-39(32-27-23-19-15-11-7-3)33-28-24-20-16-12-8-4/h38-39H,5-37H2,1-4H3. The molecule has 0 saturated carbocycles. The largest absolute Gasteiger partial charge is 0.466 e. The number of unbranched alkanes of at least 4 members (excludes halogenated alkanes) is 20. The molecular formula is C41H80O4. The van der Waals surface area contributed by atoms with Crippen molar-refractivity contribution in [3.63, 3.8) is 0 Å². The highest BCUT2D eigenvalue weighted by atomic mass is 16.5. The molecule has 0 N–H and O–H groups in total. The van der Waals surface area contributed by atoms with Crippen molar-refractivity contribution in [3.8, 4) is 0 Å². The maximum atomic E-state index is 12.7. The van der Waals surface area contributed by atoms with Gasteiger partial charge in [-0.05, 0) is 37.5 Å². The summed E-state index contributed by atoms with van der Waals surface area (Å²) >= 11 is 0. The smallest absolute Gasteiger partial charge is 0.306 e. The molecule has 0 saturated heterocycles. The van der Waals surface area contributed by atoms with Crippen LogP contribution in [-0.2, 0) is 19.1 Å². The number of hydrogen-bond donors (Lipinski definition) is 0. The van der Waals surface area contributed by atoms with Gasteiger partial charge < -0.3 is 9.47 Å². The van der Waals surface area contributed by atoms with E-state index in [2.05, 4.69) is 27.7 Å². The van der Waals surface area contributed by atoms with Gasteiger partial charge in [0.25, 0.3) is 0 Å². The summed E-state index contributed by atoms with van der Waals surface area (Å²) in [6.07, 6.45) is 37.4. The molecule has 0 amide bonds. The Kier molecular flexibility index (Phi) is 34.9. The van der Waals surface area contributed by atoms with Crippen molar-refractivity contribution in [1.82, 2.24) is 0 Å². The summed E-state index contributed by atoms with van der Waals surface area (Å²) in [4.78, 5) is 25.4. The van der Waals surface area contributed by atoms with Crippen molar-refractivity contribution in [2.45, 2.75) is 227 Å². The van der Waals surface area contributed by atoms with Gasteiger partial charge >= 0.3 is 11.9 Å². The highest BCUT2D eigenvalue weighted by molar-refractivity contribution is 5.70. The molecule has 0 rings (SSSR count). The second kappa shape index (κ2) is 35.8. The van der Waals surface area contributed by atoms with Gasteiger partial charge in [-0.3, -0.25) is 9.59 Å². The molecular weight excluding hydrogens is 556 g/mol. The molecule has 4 heteroatoms. The molecule has 0 radical (unpaired) electrons. The van der Waals surface area contributed by atoms with Gasteiger partial charge in [-0.2, -0.15) is 0 Å². The second-order valence-corrected chi connectivity index (χ2v) is 14.2. The molecule has 4 nitrogen and oxygen atoms in total. The average Bonchev–Trinajstić information content (AvgIpc) is 3.03. The van der Waals surface area contributed by atoms with Gasteiger partial charge in [0, 0.05) is 19.3 Å². The lowest BCUT2D eigenvalue weighted by Crippen LogP contribution is -2.16. The van der Waals surface area contributed by atoms with Gasteiger partial charge in [0.2, 0.25) is 0 Å². The molecule has 268 valence electrons. The van der Waals surface area contributed by atoms with Crippen LogP contribution in [0.2, 0.25) is 0 Å². The molecule has 0 atom stereocenters. The Morgan fingerprint density at radius 2 is 0.600 bits per heavy atom. The number of ether oxygens (including phenoxy) is 2. The first-order valence-electron chi connectivity index (χ1n) is 20.4. The molecule has 0 aromatic carbocycles. The van der Waals surface area contributed by atoms with E-state index in [9.17, 15) is 9.59 Å². The molecule has 0 aromatic heterocycles. The molecule has 0 aromatic rings. The van der Waals surface area contributed by atoms with Gasteiger partial charge in [-0.15, -0.1) is 0 Å². The minimum Gasteiger partial charge on any atom is -0.466 e. The highest BCUT2D eigenvalue weighted by Crippen LogP contribution is 2.24. The summed E-state index contributed by atoms with van der Waals surface area (Å²) in [5.41, 5.74) is 0. The van der Waals surface area contributed by atoms with Crippen LogP contribution in [0.1, 0.15) is 227 Å². The maximum absolute atomic E-state index is 12.7. The fraction of sp³-hybridized carbons (Fsp3) is 0.951. The van der Waals surface area contributed by atoms with E-state index in [4.69, 9.17) is 9.47 Å². The Bertz CT molecular complexity index is 535. The minimum atomic E-state index is -0.0683. The summed E-state index contributed by atoms with van der Waals surface area (Å²) < 4.78 is 11.2. The van der Waals surface area contributed by atoms with E-state index in [1.165, 1.54) is 154 Å². The van der Waals surface area contributed by atoms with Crippen molar-refractivity contribution in [1.29, 1.82) is 0 Å². The Morgan fingerprint density at radius 3 is 0.867 bits per heavy atom. The predicted molar refractivity (Wildman–Crippen MR) is 195 cm³/mol. The van der Waals surface area contributed by atoms with E-state index in [1.54, 1.807) is 0 Å². The van der Waals surface area contributed by atoms with Crippen LogP contribution >= 0.6 is 0 Å². The first kappa shape index (κ1) is 43.9. The topological polar surface area (TPSA) is 52.6 Å². The highest BCUT2D eigenvalue weighted by Gasteiger charge is 2.17. The zero-order valence-electron chi connectivity index (χ0n) is 31.1. The van der Waals surface area contributed by atoms with Crippen molar-refractivity contribution in [3.05, 3.63) is 0 Å². The van der Waals surface area contributed by atoms with Crippen molar-refractivity contribution >= 4 is 11.9 Å². The average molecular weight is 637 g/mol. The number of hydrogen-bond acceptors (Lipinski definition) is 4. The van der Waals surface area contributed by atoms with E-state index in [0.717, 1.165) is 25.7 Å². The van der Waals surface area contributed by atoms with Gasteiger partial charge in [0.1, 0.15) is 0 Å². The van der Waals surface area contributed by atoms with E-state index in [0.29, 0.717) is 44.3 Å². The Balaban J connectivity index is 4.38. The van der Waals surface area contributed by atoms with E-state index in [1.807, 2.05) is 0 Å². The minimum absolute atomic E-state index is 0.0683. The molecule has 0 heterocycles. The molecule has 0 unspecified atom stereocenters. The summed E-state index contributed by atoms with van der Waals surface area (Å²) in [6, 6.07) is 0. The number of esters is 2. The van der Waals surface area contributed by atoms with Gasteiger partial charge in [-0.25, -0.2) is 0 Å². The molecule has 0 fully saturated rings. The van der Waals surface area contributed by atoms with Crippen molar-refractivity contribution < 1.29 is 19.1 Å². The summed E-state index contributed by atoms with van der Waals surface area (Å²) in [5, 5.41) is 0. The van der Waals surface area contributed by atoms with Crippen molar-refractivity contribution in [2.75, 3.05) is 13.2 Å². The number of rotatable bonds is 36. The fourth-order valence-electron chi connectivity index (χ4n) is 6.57. The summed E-state index contributed by atoms with van der Waals surface area (Å²) in [7, 11) is 0. The Morgan fingerprint density at radius 1 is 0.356 bits per heavy atom. The van der Waals surface area contributed by atoms with E-state index >= 15 is 0 Å². The quantitative estimate of drug-likeness (QED) is 0.0507. The van der Waals surface area contributed by atoms with Crippen LogP contribution < -0.4 is 0 Å². The van der Waals surface area contributed by atoms with Crippen LogP contribution in [0, 0.1) is 11.8 Å². The third-order valence-electron chi connectivity index (χ3n) is 9.59. The lowest BCUT2D eigenvalue weighted by molar-refractivity contribution is -0.147. The lowest BCUT2D eigenvalue weighted by atomic mass is 9.91. The molecule has 45 heavy (non-hydrogen) atoms. The lowest BCUT2D eigenvalue weighted by Gasteiger charge is -2.17. The predicted octanol–water partition coefficient (Wildman–Crippen LogP) is 13.5. The van der Waals surface area contributed by atoms with E-state index < -0.39 is 0 Å². The molecule has 0 spiro atoms. The zero-order valence-corrected chi connectivity index (χ0v) is 31.1. The molecule has 0 aliphatic carbocycles. The first-order valence-corrected chi connectivity index (χ1v) is 20.4. The van der Waals surface area contributed by atoms with Gasteiger partial charge in [0.15, 0.2) is 0 Å². The fourth-order valence-corrected chi connectivity index (χ4v) is 6.57. The summed E-state index contributed by atoms with van der Waals surface area (Å²) in [5.74, 6) is 0.758. The van der Waals surface area contributed by atoms with Crippen LogP contribution in [-0.4, -0.2) is 25.2 Å². The molecule has 0 aliphatic rings. The monoisotopic (exact) mass is 637 g/mol. The van der Waals surface area contributed by atoms with Crippen LogP contribution in [0.15, 0.2) is 0 Å². The molecule has 0 bridgehead atoms. The van der Waals surface area contributed by atoms with Crippen molar-refractivity contribution in [2.24, 2.45) is 11.8 Å². The van der Waals surface area contributed by atoms with Gasteiger partial charge in [-0.1, -0.05) is 182 Å². The second-order valence-electron chi connectivity index (χ2n) is 14.2. The maximum Gasteiger partial charge on any atom is 0.306 e. The Hall–Kier alpha value is -1.06. The van der Waals surface area contributed by atoms with Crippen LogP contribution in [0.25, 0.3) is 0 Å². The zero-order chi connectivity index (χ0) is 33.1. The van der Waals surface area contributed by atoms with E-state index in [-0.39, 0.29) is 11.9 Å². The molecule has 0 aliphatic heterocycles. The normalized spacial score (nSPS) is 11.5.